The number of nitrogens with two attached hydrogens (primary N) is 1. The molecule has 14 heavy (non-hydrogen) atoms. The summed E-state index contributed by atoms with van der Waals surface area (Å²) in [5.74, 6) is 0. The molecule has 1 unspecified atom stereocenters. The summed E-state index contributed by atoms with van der Waals surface area (Å²) < 4.78 is 10.8. The van der Waals surface area contributed by atoms with Gasteiger partial charge in [0, 0.05) is 6.42 Å². The summed E-state index contributed by atoms with van der Waals surface area (Å²) in [4.78, 5) is 0. The summed E-state index contributed by atoms with van der Waals surface area (Å²) >= 11 is 1.56. The number of hydrogen-bond donors (Lipinski definition) is 1. The minimum absolute atomic E-state index is 0.0345. The van der Waals surface area contributed by atoms with Gasteiger partial charge in [0.25, 0.3) is 0 Å². The maximum absolute atomic E-state index is 5.51. The van der Waals surface area contributed by atoms with E-state index in [4.69, 9.17) is 15.2 Å². The van der Waals surface area contributed by atoms with Crippen molar-refractivity contribution >= 4 is 11.3 Å². The molecular weight excluding hydrogens is 202 g/mol. The average molecular weight is 215 g/mol. The minimum Gasteiger partial charge on any atom is -0.376 e. The summed E-state index contributed by atoms with van der Waals surface area (Å²) in [6, 6.07) is 0. The van der Waals surface area contributed by atoms with Crippen molar-refractivity contribution in [2.75, 3.05) is 26.4 Å². The summed E-state index contributed by atoms with van der Waals surface area (Å²) in [5.41, 5.74) is 5.43. The molecule has 0 aliphatic carbocycles. The highest BCUT2D eigenvalue weighted by Gasteiger charge is 2.20. The van der Waals surface area contributed by atoms with Crippen LogP contribution in [0.2, 0.25) is 0 Å². The van der Waals surface area contributed by atoms with E-state index in [9.17, 15) is 0 Å². The number of hydrogen-bond acceptors (Lipinski definition) is 6. The predicted molar refractivity (Wildman–Crippen MR) is 52.2 cm³/mol. The van der Waals surface area contributed by atoms with Crippen LogP contribution in [0.4, 0.5) is 0 Å². The highest BCUT2D eigenvalue weighted by molar-refractivity contribution is 7.11. The smallest absolute Gasteiger partial charge is 0.148 e. The second-order valence-electron chi connectivity index (χ2n) is 3.01. The second kappa shape index (κ2) is 4.79. The van der Waals surface area contributed by atoms with Crippen LogP contribution in [0, 0.1) is 0 Å². The molecule has 1 aliphatic heterocycles. The molecule has 1 aliphatic rings. The lowest BCUT2D eigenvalue weighted by molar-refractivity contribution is -0.0903. The van der Waals surface area contributed by atoms with E-state index in [-0.39, 0.29) is 6.10 Å². The van der Waals surface area contributed by atoms with Crippen LogP contribution in [-0.2, 0) is 15.9 Å². The molecule has 5 nitrogen and oxygen atoms in total. The zero-order valence-electron chi connectivity index (χ0n) is 7.81. The van der Waals surface area contributed by atoms with Crippen LogP contribution in [0.1, 0.15) is 16.1 Å². The first-order chi connectivity index (χ1) is 6.90. The molecule has 6 heteroatoms. The van der Waals surface area contributed by atoms with Gasteiger partial charge in [0.15, 0.2) is 0 Å². The van der Waals surface area contributed by atoms with Gasteiger partial charge in [-0.2, -0.15) is 0 Å². The largest absolute Gasteiger partial charge is 0.376 e. The first-order valence-electron chi connectivity index (χ1n) is 4.62. The molecule has 0 amide bonds. The van der Waals surface area contributed by atoms with Gasteiger partial charge in [-0.25, -0.2) is 0 Å². The van der Waals surface area contributed by atoms with E-state index >= 15 is 0 Å². The van der Waals surface area contributed by atoms with Crippen molar-refractivity contribution in [1.82, 2.24) is 10.2 Å². The summed E-state index contributed by atoms with van der Waals surface area (Å²) in [6.07, 6.45) is 0.749. The van der Waals surface area contributed by atoms with Crippen molar-refractivity contribution in [2.45, 2.75) is 12.5 Å². The lowest BCUT2D eigenvalue weighted by Crippen LogP contribution is -2.21. The Morgan fingerprint density at radius 1 is 1.43 bits per heavy atom. The number of rotatable bonds is 3. The fourth-order valence-electron chi connectivity index (χ4n) is 1.25. The van der Waals surface area contributed by atoms with Crippen molar-refractivity contribution in [3.05, 3.63) is 10.0 Å². The average Bonchev–Trinajstić information content (AvgIpc) is 2.68. The molecule has 2 rings (SSSR count). The molecule has 0 aromatic carbocycles. The second-order valence-corrected chi connectivity index (χ2v) is 4.10. The third-order valence-corrected chi connectivity index (χ3v) is 3.01. The number of nitrogens with zero attached hydrogens (tertiary/aromatic N) is 2. The molecule has 0 saturated carbocycles. The number of ether oxygens (including phenoxy) is 2. The van der Waals surface area contributed by atoms with Crippen molar-refractivity contribution in [3.8, 4) is 0 Å². The maximum Gasteiger partial charge on any atom is 0.148 e. The first kappa shape index (κ1) is 9.97. The Morgan fingerprint density at radius 3 is 3.07 bits per heavy atom. The summed E-state index contributed by atoms with van der Waals surface area (Å²) in [7, 11) is 0. The van der Waals surface area contributed by atoms with Crippen LogP contribution >= 0.6 is 11.3 Å². The van der Waals surface area contributed by atoms with Crippen LogP contribution in [0.5, 0.6) is 0 Å². The van der Waals surface area contributed by atoms with Gasteiger partial charge in [-0.05, 0) is 6.54 Å². The van der Waals surface area contributed by atoms with E-state index in [2.05, 4.69) is 10.2 Å². The Morgan fingerprint density at radius 2 is 2.36 bits per heavy atom. The third kappa shape index (κ3) is 2.27. The molecule has 1 aromatic heterocycles. The topological polar surface area (TPSA) is 70.3 Å². The number of aromatic nitrogens is 2. The molecule has 1 aromatic rings. The monoisotopic (exact) mass is 215 g/mol. The third-order valence-electron chi connectivity index (χ3n) is 1.93. The van der Waals surface area contributed by atoms with Crippen molar-refractivity contribution < 1.29 is 9.47 Å². The predicted octanol–water partition coefficient (Wildman–Crippen LogP) is 0.127. The molecule has 0 spiro atoms. The van der Waals surface area contributed by atoms with Gasteiger partial charge in [-0.3, -0.25) is 0 Å². The Balaban J connectivity index is 2.00. The van der Waals surface area contributed by atoms with Crippen LogP contribution in [0.15, 0.2) is 0 Å². The minimum atomic E-state index is -0.0345. The molecule has 2 heterocycles. The van der Waals surface area contributed by atoms with Crippen LogP contribution < -0.4 is 5.73 Å². The Hall–Kier alpha value is -0.560. The van der Waals surface area contributed by atoms with Crippen LogP contribution in [0.3, 0.4) is 0 Å². The van der Waals surface area contributed by atoms with Gasteiger partial charge >= 0.3 is 0 Å². The molecule has 78 valence electrons. The fraction of sp³-hybridized carbons (Fsp3) is 0.750. The SMILES string of the molecule is NCCc1nnc(C2COCCO2)s1. The molecule has 1 fully saturated rings. The van der Waals surface area contributed by atoms with E-state index in [0.29, 0.717) is 26.4 Å². The quantitative estimate of drug-likeness (QED) is 0.776. The fourth-order valence-corrected chi connectivity index (χ4v) is 2.14. The van der Waals surface area contributed by atoms with Gasteiger partial charge in [-0.15, -0.1) is 10.2 Å². The van der Waals surface area contributed by atoms with Gasteiger partial charge in [-0.1, -0.05) is 11.3 Å². The van der Waals surface area contributed by atoms with Crippen molar-refractivity contribution in [1.29, 1.82) is 0 Å². The van der Waals surface area contributed by atoms with Gasteiger partial charge in [0.1, 0.15) is 16.1 Å². The van der Waals surface area contributed by atoms with Crippen LogP contribution in [-0.4, -0.2) is 36.6 Å². The van der Waals surface area contributed by atoms with E-state index < -0.39 is 0 Å². The Bertz CT molecular complexity index is 286. The van der Waals surface area contributed by atoms with Crippen molar-refractivity contribution in [2.24, 2.45) is 5.73 Å². The van der Waals surface area contributed by atoms with Crippen LogP contribution in [0.25, 0.3) is 0 Å². The highest BCUT2D eigenvalue weighted by atomic mass is 32.1. The molecular formula is C8H13N3O2S. The summed E-state index contributed by atoms with van der Waals surface area (Å²) in [6.45, 7) is 2.50. The van der Waals surface area contributed by atoms with E-state index in [0.717, 1.165) is 16.4 Å². The lowest BCUT2D eigenvalue weighted by Gasteiger charge is -2.20. The zero-order valence-corrected chi connectivity index (χ0v) is 8.63. The molecule has 0 radical (unpaired) electrons. The zero-order chi connectivity index (χ0) is 9.80. The van der Waals surface area contributed by atoms with Gasteiger partial charge in [0.2, 0.25) is 0 Å². The Kier molecular flexibility index (Phi) is 3.41. The molecule has 0 bridgehead atoms. The normalized spacial score (nSPS) is 22.5. The maximum atomic E-state index is 5.51. The summed E-state index contributed by atoms with van der Waals surface area (Å²) in [5, 5.41) is 9.97. The highest BCUT2D eigenvalue weighted by Crippen LogP contribution is 2.23. The van der Waals surface area contributed by atoms with Gasteiger partial charge in [0.05, 0.1) is 19.8 Å². The molecule has 1 saturated heterocycles. The molecule has 1 atom stereocenters. The Labute approximate surface area is 86.2 Å². The van der Waals surface area contributed by atoms with E-state index in [1.165, 1.54) is 0 Å². The standard InChI is InChI=1S/C8H13N3O2S/c9-2-1-7-10-11-8(14-7)6-5-12-3-4-13-6/h6H,1-5,9H2. The molecule has 2 N–H and O–H groups in total. The van der Waals surface area contributed by atoms with E-state index in [1.54, 1.807) is 11.3 Å². The lowest BCUT2D eigenvalue weighted by atomic mass is 10.4. The van der Waals surface area contributed by atoms with Gasteiger partial charge < -0.3 is 15.2 Å². The first-order valence-corrected chi connectivity index (χ1v) is 5.43. The van der Waals surface area contributed by atoms with Crippen molar-refractivity contribution in [3.63, 3.8) is 0 Å². The van der Waals surface area contributed by atoms with E-state index in [1.807, 2.05) is 0 Å².